The van der Waals surface area contributed by atoms with Crippen molar-refractivity contribution in [3.63, 3.8) is 0 Å². The number of carbonyl (C=O) groups is 2. The first-order valence-electron chi connectivity index (χ1n) is 4.15. The predicted molar refractivity (Wildman–Crippen MR) is 48.3 cm³/mol. The molecular weight excluding hydrogens is 166 g/mol. The SMILES string of the molecule is O=CC1Cc2ccccc2NC1=O. The van der Waals surface area contributed by atoms with Crippen molar-refractivity contribution >= 4 is 17.9 Å². The minimum Gasteiger partial charge on any atom is -0.325 e. The third-order valence-corrected chi connectivity index (χ3v) is 2.22. The number of hydrogen-bond acceptors (Lipinski definition) is 2. The van der Waals surface area contributed by atoms with E-state index in [-0.39, 0.29) is 5.91 Å². The van der Waals surface area contributed by atoms with E-state index < -0.39 is 5.92 Å². The zero-order valence-electron chi connectivity index (χ0n) is 6.99. The molecule has 2 rings (SSSR count). The van der Waals surface area contributed by atoms with Gasteiger partial charge in [-0.25, -0.2) is 0 Å². The van der Waals surface area contributed by atoms with E-state index in [0.717, 1.165) is 11.3 Å². The summed E-state index contributed by atoms with van der Waals surface area (Å²) in [5, 5.41) is 2.69. The zero-order valence-corrected chi connectivity index (χ0v) is 6.99. The molecule has 0 saturated carbocycles. The zero-order chi connectivity index (χ0) is 9.26. The molecule has 1 aromatic rings. The van der Waals surface area contributed by atoms with E-state index in [1.807, 2.05) is 24.3 Å². The third kappa shape index (κ3) is 1.33. The summed E-state index contributed by atoms with van der Waals surface area (Å²) in [6.45, 7) is 0. The fourth-order valence-electron chi connectivity index (χ4n) is 1.49. The van der Waals surface area contributed by atoms with Gasteiger partial charge in [-0.15, -0.1) is 0 Å². The van der Waals surface area contributed by atoms with Gasteiger partial charge in [0, 0.05) is 5.69 Å². The predicted octanol–water partition coefficient (Wildman–Crippen LogP) is 0.996. The second-order valence-corrected chi connectivity index (χ2v) is 3.09. The Morgan fingerprint density at radius 3 is 2.92 bits per heavy atom. The van der Waals surface area contributed by atoms with Gasteiger partial charge in [-0.05, 0) is 18.1 Å². The molecule has 13 heavy (non-hydrogen) atoms. The van der Waals surface area contributed by atoms with Crippen molar-refractivity contribution in [3.8, 4) is 0 Å². The number of amides is 1. The number of nitrogens with one attached hydrogen (secondary N) is 1. The average molecular weight is 175 g/mol. The summed E-state index contributed by atoms with van der Waals surface area (Å²) in [6.07, 6.45) is 1.22. The highest BCUT2D eigenvalue weighted by molar-refractivity contribution is 6.03. The molecule has 1 aliphatic heterocycles. The van der Waals surface area contributed by atoms with Crippen LogP contribution in [0.2, 0.25) is 0 Å². The molecule has 1 N–H and O–H groups in total. The van der Waals surface area contributed by atoms with Gasteiger partial charge in [0.15, 0.2) is 0 Å². The first-order chi connectivity index (χ1) is 6.31. The lowest BCUT2D eigenvalue weighted by Crippen LogP contribution is -2.30. The van der Waals surface area contributed by atoms with Crippen LogP contribution in [-0.2, 0) is 16.0 Å². The van der Waals surface area contributed by atoms with E-state index >= 15 is 0 Å². The van der Waals surface area contributed by atoms with Crippen LogP contribution in [0.3, 0.4) is 0 Å². The Labute approximate surface area is 75.8 Å². The first-order valence-corrected chi connectivity index (χ1v) is 4.15. The van der Waals surface area contributed by atoms with Gasteiger partial charge in [0.1, 0.15) is 6.29 Å². The molecule has 3 heteroatoms. The van der Waals surface area contributed by atoms with Gasteiger partial charge < -0.3 is 10.1 Å². The minimum atomic E-state index is -0.519. The highest BCUT2D eigenvalue weighted by atomic mass is 16.2. The number of hydrogen-bond donors (Lipinski definition) is 1. The average Bonchev–Trinajstić information content (AvgIpc) is 2.17. The van der Waals surface area contributed by atoms with Gasteiger partial charge in [0.05, 0.1) is 5.92 Å². The molecule has 1 amide bonds. The van der Waals surface area contributed by atoms with Crippen LogP contribution in [0.25, 0.3) is 0 Å². The van der Waals surface area contributed by atoms with Crippen LogP contribution < -0.4 is 5.32 Å². The van der Waals surface area contributed by atoms with Crippen LogP contribution in [0.4, 0.5) is 5.69 Å². The molecular formula is C10H9NO2. The summed E-state index contributed by atoms with van der Waals surface area (Å²) in [5.41, 5.74) is 1.85. The topological polar surface area (TPSA) is 46.2 Å². The largest absolute Gasteiger partial charge is 0.325 e. The highest BCUT2D eigenvalue weighted by Crippen LogP contribution is 2.23. The van der Waals surface area contributed by atoms with Crippen LogP contribution in [0.5, 0.6) is 0 Å². The van der Waals surface area contributed by atoms with Gasteiger partial charge in [0.2, 0.25) is 5.91 Å². The Morgan fingerprint density at radius 2 is 2.15 bits per heavy atom. The lowest BCUT2D eigenvalue weighted by Gasteiger charge is -2.20. The molecule has 0 radical (unpaired) electrons. The fourth-order valence-corrected chi connectivity index (χ4v) is 1.49. The van der Waals surface area contributed by atoms with Crippen molar-refractivity contribution in [2.24, 2.45) is 5.92 Å². The first kappa shape index (κ1) is 7.98. The second-order valence-electron chi connectivity index (χ2n) is 3.09. The molecule has 0 bridgehead atoms. The maximum Gasteiger partial charge on any atom is 0.235 e. The summed E-state index contributed by atoms with van der Waals surface area (Å²) in [7, 11) is 0. The number of carbonyl (C=O) groups excluding carboxylic acids is 2. The van der Waals surface area contributed by atoms with Crippen molar-refractivity contribution in [3.05, 3.63) is 29.8 Å². The van der Waals surface area contributed by atoms with Crippen molar-refractivity contribution in [2.75, 3.05) is 5.32 Å². The maximum atomic E-state index is 11.2. The van der Waals surface area contributed by atoms with Gasteiger partial charge in [0.25, 0.3) is 0 Å². The van der Waals surface area contributed by atoms with Gasteiger partial charge >= 0.3 is 0 Å². The van der Waals surface area contributed by atoms with Gasteiger partial charge in [-0.2, -0.15) is 0 Å². The van der Waals surface area contributed by atoms with Crippen LogP contribution in [0.1, 0.15) is 5.56 Å². The molecule has 1 heterocycles. The normalized spacial score (nSPS) is 20.3. The van der Waals surface area contributed by atoms with Crippen molar-refractivity contribution in [2.45, 2.75) is 6.42 Å². The van der Waals surface area contributed by atoms with Gasteiger partial charge in [-0.3, -0.25) is 4.79 Å². The monoisotopic (exact) mass is 175 g/mol. The molecule has 0 aliphatic carbocycles. The highest BCUT2D eigenvalue weighted by Gasteiger charge is 2.24. The number of fused-ring (bicyclic) bond motifs is 1. The third-order valence-electron chi connectivity index (χ3n) is 2.22. The summed E-state index contributed by atoms with van der Waals surface area (Å²) >= 11 is 0. The molecule has 0 spiro atoms. The summed E-state index contributed by atoms with van der Waals surface area (Å²) in [4.78, 5) is 21.8. The quantitative estimate of drug-likeness (QED) is 0.511. The minimum absolute atomic E-state index is 0.200. The summed E-state index contributed by atoms with van der Waals surface area (Å²) in [5.74, 6) is -0.719. The Morgan fingerprint density at radius 1 is 1.38 bits per heavy atom. The number of para-hydroxylation sites is 1. The molecule has 1 unspecified atom stereocenters. The molecule has 0 saturated heterocycles. The van der Waals surface area contributed by atoms with E-state index in [4.69, 9.17) is 0 Å². The lowest BCUT2D eigenvalue weighted by molar-refractivity contribution is -0.125. The van der Waals surface area contributed by atoms with Crippen molar-refractivity contribution in [1.82, 2.24) is 0 Å². The Hall–Kier alpha value is -1.64. The lowest BCUT2D eigenvalue weighted by atomic mass is 9.94. The van der Waals surface area contributed by atoms with E-state index in [1.165, 1.54) is 0 Å². The molecule has 0 aromatic heterocycles. The molecule has 1 atom stereocenters. The van der Waals surface area contributed by atoms with Gasteiger partial charge in [-0.1, -0.05) is 18.2 Å². The number of aldehydes is 1. The summed E-state index contributed by atoms with van der Waals surface area (Å²) < 4.78 is 0. The summed E-state index contributed by atoms with van der Waals surface area (Å²) in [6, 6.07) is 7.53. The molecule has 1 aliphatic rings. The van der Waals surface area contributed by atoms with Crippen molar-refractivity contribution in [1.29, 1.82) is 0 Å². The fraction of sp³-hybridized carbons (Fsp3) is 0.200. The Kier molecular flexibility index (Phi) is 1.85. The number of anilines is 1. The molecule has 3 nitrogen and oxygen atoms in total. The van der Waals surface area contributed by atoms with Crippen LogP contribution in [0.15, 0.2) is 24.3 Å². The maximum absolute atomic E-state index is 11.2. The van der Waals surface area contributed by atoms with Crippen LogP contribution in [-0.4, -0.2) is 12.2 Å². The second kappa shape index (κ2) is 3.01. The standard InChI is InChI=1S/C10H9NO2/c12-6-8-5-7-3-1-2-4-9(7)11-10(8)13/h1-4,6,8H,5H2,(H,11,13). The van der Waals surface area contributed by atoms with E-state index in [0.29, 0.717) is 12.7 Å². The van der Waals surface area contributed by atoms with E-state index in [9.17, 15) is 9.59 Å². The van der Waals surface area contributed by atoms with E-state index in [2.05, 4.69) is 5.32 Å². The number of benzene rings is 1. The van der Waals surface area contributed by atoms with E-state index in [1.54, 1.807) is 0 Å². The Balaban J connectivity index is 2.38. The molecule has 66 valence electrons. The molecule has 1 aromatic carbocycles. The molecule has 0 fully saturated rings. The van der Waals surface area contributed by atoms with Crippen LogP contribution >= 0.6 is 0 Å². The van der Waals surface area contributed by atoms with Crippen molar-refractivity contribution < 1.29 is 9.59 Å². The Bertz CT molecular complexity index is 360. The van der Waals surface area contributed by atoms with Crippen LogP contribution in [0, 0.1) is 5.92 Å². The number of rotatable bonds is 1. The smallest absolute Gasteiger partial charge is 0.235 e.